The molecule has 2 nitrogen and oxygen atoms in total. The van der Waals surface area contributed by atoms with Gasteiger partial charge in [0.25, 0.3) is 0 Å². The molecule has 0 unspecified atom stereocenters. The molecule has 110 valence electrons. The van der Waals surface area contributed by atoms with Crippen molar-refractivity contribution in [2.75, 3.05) is 12.3 Å². The van der Waals surface area contributed by atoms with Gasteiger partial charge >= 0.3 is 0 Å². The standard InChI is InChI=1S/C17H25NOS/c1-14-7-5-6-8-15(14)11-12-18-17(19)13-20-16-9-3-2-4-10-16/h5-8,16H,2-4,9-13H2,1H3,(H,18,19). The van der Waals surface area contributed by atoms with Crippen molar-refractivity contribution in [3.63, 3.8) is 0 Å². The number of hydrogen-bond acceptors (Lipinski definition) is 2. The Morgan fingerprint density at radius 2 is 2.00 bits per heavy atom. The second-order valence-electron chi connectivity index (χ2n) is 5.60. The lowest BCUT2D eigenvalue weighted by Crippen LogP contribution is -2.28. The Hall–Kier alpha value is -0.960. The van der Waals surface area contributed by atoms with E-state index in [9.17, 15) is 4.79 Å². The summed E-state index contributed by atoms with van der Waals surface area (Å²) in [6, 6.07) is 8.37. The smallest absolute Gasteiger partial charge is 0.230 e. The van der Waals surface area contributed by atoms with Gasteiger partial charge in [-0.05, 0) is 37.3 Å². The molecule has 1 aliphatic carbocycles. The van der Waals surface area contributed by atoms with E-state index >= 15 is 0 Å². The molecule has 0 spiro atoms. The summed E-state index contributed by atoms with van der Waals surface area (Å²) in [6.45, 7) is 2.87. The Kier molecular flexibility index (Phi) is 6.44. The van der Waals surface area contributed by atoms with E-state index in [1.54, 1.807) is 0 Å². The van der Waals surface area contributed by atoms with E-state index in [1.807, 2.05) is 11.8 Å². The molecular weight excluding hydrogens is 266 g/mol. The lowest BCUT2D eigenvalue weighted by Gasteiger charge is -2.20. The molecule has 1 saturated carbocycles. The molecule has 1 aliphatic rings. The average molecular weight is 291 g/mol. The van der Waals surface area contributed by atoms with Crippen LogP contribution in [0.25, 0.3) is 0 Å². The minimum Gasteiger partial charge on any atom is -0.355 e. The molecule has 2 rings (SSSR count). The van der Waals surface area contributed by atoms with Crippen molar-refractivity contribution in [3.8, 4) is 0 Å². The number of rotatable bonds is 6. The maximum absolute atomic E-state index is 11.8. The molecular formula is C17H25NOS. The highest BCUT2D eigenvalue weighted by Gasteiger charge is 2.15. The van der Waals surface area contributed by atoms with Crippen LogP contribution < -0.4 is 5.32 Å². The number of amides is 1. The van der Waals surface area contributed by atoms with Crippen molar-refractivity contribution in [3.05, 3.63) is 35.4 Å². The highest BCUT2D eigenvalue weighted by Crippen LogP contribution is 2.27. The fraction of sp³-hybridized carbons (Fsp3) is 0.588. The van der Waals surface area contributed by atoms with E-state index in [0.29, 0.717) is 11.0 Å². The Morgan fingerprint density at radius 3 is 2.75 bits per heavy atom. The van der Waals surface area contributed by atoms with Crippen LogP contribution in [-0.2, 0) is 11.2 Å². The fourth-order valence-corrected chi connectivity index (χ4v) is 3.86. The predicted octanol–water partition coefficient (Wildman–Crippen LogP) is 3.72. The molecule has 1 aromatic carbocycles. The zero-order valence-electron chi connectivity index (χ0n) is 12.4. The van der Waals surface area contributed by atoms with Crippen molar-refractivity contribution in [2.45, 2.75) is 50.7 Å². The summed E-state index contributed by atoms with van der Waals surface area (Å²) in [7, 11) is 0. The molecule has 0 saturated heterocycles. The van der Waals surface area contributed by atoms with Crippen LogP contribution in [0.2, 0.25) is 0 Å². The van der Waals surface area contributed by atoms with E-state index in [2.05, 4.69) is 36.5 Å². The normalized spacial score (nSPS) is 16.1. The van der Waals surface area contributed by atoms with Gasteiger partial charge in [0, 0.05) is 11.8 Å². The molecule has 0 heterocycles. The van der Waals surface area contributed by atoms with Gasteiger partial charge < -0.3 is 5.32 Å². The van der Waals surface area contributed by atoms with E-state index in [4.69, 9.17) is 0 Å². The van der Waals surface area contributed by atoms with Gasteiger partial charge in [-0.2, -0.15) is 0 Å². The maximum Gasteiger partial charge on any atom is 0.230 e. The number of thioether (sulfide) groups is 1. The first-order valence-corrected chi connectivity index (χ1v) is 8.73. The summed E-state index contributed by atoms with van der Waals surface area (Å²) in [4.78, 5) is 11.8. The molecule has 0 bridgehead atoms. The third kappa shape index (κ3) is 5.20. The van der Waals surface area contributed by atoms with Gasteiger partial charge in [0.05, 0.1) is 5.75 Å². The van der Waals surface area contributed by atoms with Gasteiger partial charge in [-0.15, -0.1) is 11.8 Å². The van der Waals surface area contributed by atoms with Gasteiger partial charge in [-0.3, -0.25) is 4.79 Å². The topological polar surface area (TPSA) is 29.1 Å². The van der Waals surface area contributed by atoms with Gasteiger partial charge in [0.1, 0.15) is 0 Å². The zero-order valence-corrected chi connectivity index (χ0v) is 13.2. The van der Waals surface area contributed by atoms with Crippen molar-refractivity contribution >= 4 is 17.7 Å². The second-order valence-corrected chi connectivity index (χ2v) is 6.89. The van der Waals surface area contributed by atoms with E-state index in [0.717, 1.165) is 13.0 Å². The quantitative estimate of drug-likeness (QED) is 0.865. The third-order valence-electron chi connectivity index (χ3n) is 3.98. The summed E-state index contributed by atoms with van der Waals surface area (Å²) in [6.07, 6.45) is 7.56. The predicted molar refractivity (Wildman–Crippen MR) is 87.2 cm³/mol. The summed E-state index contributed by atoms with van der Waals surface area (Å²) in [5, 5.41) is 3.75. The summed E-state index contributed by atoms with van der Waals surface area (Å²) >= 11 is 1.84. The Bertz CT molecular complexity index is 427. The lowest BCUT2D eigenvalue weighted by atomic mass is 10.0. The molecule has 1 fully saturated rings. The summed E-state index contributed by atoms with van der Waals surface area (Å²) in [5.41, 5.74) is 2.63. The number of carbonyl (C=O) groups excluding carboxylic acids is 1. The first kappa shape index (κ1) is 15.4. The SMILES string of the molecule is Cc1ccccc1CCNC(=O)CSC1CCCCC1. The second kappa shape index (κ2) is 8.35. The molecule has 0 aromatic heterocycles. The number of hydrogen-bond donors (Lipinski definition) is 1. The largest absolute Gasteiger partial charge is 0.355 e. The van der Waals surface area contributed by atoms with E-state index in [1.165, 1.54) is 43.2 Å². The van der Waals surface area contributed by atoms with Crippen molar-refractivity contribution < 1.29 is 4.79 Å². The van der Waals surface area contributed by atoms with Gasteiger partial charge in [0.2, 0.25) is 5.91 Å². The summed E-state index contributed by atoms with van der Waals surface area (Å²) in [5.74, 6) is 0.812. The monoisotopic (exact) mass is 291 g/mol. The van der Waals surface area contributed by atoms with Gasteiger partial charge in [-0.25, -0.2) is 0 Å². The molecule has 0 atom stereocenters. The van der Waals surface area contributed by atoms with Crippen LogP contribution >= 0.6 is 11.8 Å². The van der Waals surface area contributed by atoms with Crippen LogP contribution in [0.5, 0.6) is 0 Å². The van der Waals surface area contributed by atoms with Crippen LogP contribution in [0, 0.1) is 6.92 Å². The molecule has 0 radical (unpaired) electrons. The first-order chi connectivity index (χ1) is 9.75. The van der Waals surface area contributed by atoms with Crippen molar-refractivity contribution in [2.24, 2.45) is 0 Å². The Labute approximate surface area is 126 Å². The molecule has 20 heavy (non-hydrogen) atoms. The van der Waals surface area contributed by atoms with Crippen LogP contribution in [0.3, 0.4) is 0 Å². The third-order valence-corrected chi connectivity index (χ3v) is 5.35. The lowest BCUT2D eigenvalue weighted by molar-refractivity contribution is -0.118. The number of nitrogens with one attached hydrogen (secondary N) is 1. The molecule has 1 N–H and O–H groups in total. The van der Waals surface area contributed by atoms with Crippen LogP contribution in [0.4, 0.5) is 0 Å². The molecule has 1 aromatic rings. The minimum atomic E-state index is 0.189. The molecule has 0 aliphatic heterocycles. The fourth-order valence-electron chi connectivity index (χ4n) is 2.70. The van der Waals surface area contributed by atoms with Crippen LogP contribution in [-0.4, -0.2) is 23.5 Å². The highest BCUT2D eigenvalue weighted by molar-refractivity contribution is 8.00. The Morgan fingerprint density at radius 1 is 1.25 bits per heavy atom. The van der Waals surface area contributed by atoms with Crippen LogP contribution in [0.1, 0.15) is 43.2 Å². The van der Waals surface area contributed by atoms with Gasteiger partial charge in [-0.1, -0.05) is 43.5 Å². The molecule has 1 amide bonds. The maximum atomic E-state index is 11.8. The number of aryl methyl sites for hydroxylation is 1. The van der Waals surface area contributed by atoms with Gasteiger partial charge in [0.15, 0.2) is 0 Å². The minimum absolute atomic E-state index is 0.189. The number of carbonyl (C=O) groups is 1. The highest BCUT2D eigenvalue weighted by atomic mass is 32.2. The van der Waals surface area contributed by atoms with Crippen molar-refractivity contribution in [1.29, 1.82) is 0 Å². The van der Waals surface area contributed by atoms with E-state index < -0.39 is 0 Å². The molecule has 3 heteroatoms. The number of benzene rings is 1. The zero-order chi connectivity index (χ0) is 14.2. The first-order valence-electron chi connectivity index (χ1n) is 7.68. The average Bonchev–Trinajstić information content (AvgIpc) is 2.48. The summed E-state index contributed by atoms with van der Waals surface area (Å²) < 4.78 is 0. The Balaban J connectivity index is 1.61. The van der Waals surface area contributed by atoms with E-state index in [-0.39, 0.29) is 5.91 Å². The van der Waals surface area contributed by atoms with Crippen LogP contribution in [0.15, 0.2) is 24.3 Å². The van der Waals surface area contributed by atoms with Crippen molar-refractivity contribution in [1.82, 2.24) is 5.32 Å².